The quantitative estimate of drug-likeness (QED) is 0.510. The third kappa shape index (κ3) is 4.75. The lowest BCUT2D eigenvalue weighted by molar-refractivity contribution is -0.116. The summed E-state index contributed by atoms with van der Waals surface area (Å²) in [6.45, 7) is 0.139. The summed E-state index contributed by atoms with van der Waals surface area (Å²) in [5.74, 6) is 0.780. The number of nitrogens with one attached hydrogen (secondary N) is 1. The van der Waals surface area contributed by atoms with E-state index < -0.39 is 10.0 Å². The molecule has 4 rings (SSSR count). The summed E-state index contributed by atoms with van der Waals surface area (Å²) in [6, 6.07) is 15.2. The fourth-order valence-electron chi connectivity index (χ4n) is 4.41. The van der Waals surface area contributed by atoms with Crippen molar-refractivity contribution < 1.29 is 22.7 Å². The maximum atomic E-state index is 12.7. The molecule has 0 atom stereocenters. The Labute approximate surface area is 194 Å². The fraction of sp³-hybridized carbons (Fsp3) is 0.320. The van der Waals surface area contributed by atoms with Crippen molar-refractivity contribution in [2.45, 2.75) is 25.7 Å². The highest BCUT2D eigenvalue weighted by Gasteiger charge is 2.22. The van der Waals surface area contributed by atoms with E-state index in [0.29, 0.717) is 23.6 Å². The Morgan fingerprint density at radius 3 is 2.48 bits per heavy atom. The van der Waals surface area contributed by atoms with Gasteiger partial charge in [-0.1, -0.05) is 24.3 Å². The number of nitrogens with zero attached hydrogens (tertiary/aromatic N) is 1. The number of anilines is 2. The van der Waals surface area contributed by atoms with Crippen LogP contribution in [0.4, 0.5) is 11.4 Å². The maximum absolute atomic E-state index is 12.7. The predicted octanol–water partition coefficient (Wildman–Crippen LogP) is 4.14. The molecule has 0 bridgehead atoms. The van der Waals surface area contributed by atoms with Crippen LogP contribution in [0.2, 0.25) is 0 Å². The van der Waals surface area contributed by atoms with Crippen LogP contribution in [0, 0.1) is 0 Å². The first kappa shape index (κ1) is 22.9. The standard InChI is InChI=1S/C25H28N2O5S/c1-31-19-12-14-23(32-2)22(16-19)27(33(3,29)30)15-5-8-24(28)26-21-13-11-18-10-9-17-6-4-7-20(21)25(17)18/h4,6-7,11-14,16H,5,8-10,15H2,1-3H3,(H,26,28). The number of amides is 1. The van der Waals surface area contributed by atoms with Crippen molar-refractivity contribution in [2.24, 2.45) is 0 Å². The molecule has 0 radical (unpaired) electrons. The molecule has 1 aliphatic carbocycles. The molecular weight excluding hydrogens is 440 g/mol. The van der Waals surface area contributed by atoms with Crippen molar-refractivity contribution in [2.75, 3.05) is 36.6 Å². The summed E-state index contributed by atoms with van der Waals surface area (Å²) in [7, 11) is -0.599. The molecule has 0 fully saturated rings. The number of ether oxygens (including phenoxy) is 2. The number of carbonyl (C=O) groups is 1. The SMILES string of the molecule is COc1ccc(OC)c(N(CCCC(=O)Nc2ccc3c4c(cccc24)CC3)S(C)(=O)=O)c1. The second-order valence-electron chi connectivity index (χ2n) is 8.14. The van der Waals surface area contributed by atoms with E-state index in [2.05, 4.69) is 17.4 Å². The normalized spacial score (nSPS) is 12.6. The van der Waals surface area contributed by atoms with Crippen LogP contribution in [0.15, 0.2) is 48.5 Å². The molecule has 3 aromatic carbocycles. The number of carbonyl (C=O) groups excluding carboxylic acids is 1. The van der Waals surface area contributed by atoms with Gasteiger partial charge < -0.3 is 14.8 Å². The minimum absolute atomic E-state index is 0.139. The summed E-state index contributed by atoms with van der Waals surface area (Å²) in [4.78, 5) is 12.7. The van der Waals surface area contributed by atoms with Crippen LogP contribution in [-0.4, -0.2) is 41.3 Å². The van der Waals surface area contributed by atoms with Gasteiger partial charge in [-0.05, 0) is 54.0 Å². The predicted molar refractivity (Wildman–Crippen MR) is 131 cm³/mol. The van der Waals surface area contributed by atoms with Crippen LogP contribution in [-0.2, 0) is 27.7 Å². The van der Waals surface area contributed by atoms with E-state index in [1.165, 1.54) is 35.0 Å². The lowest BCUT2D eigenvalue weighted by Gasteiger charge is -2.24. The van der Waals surface area contributed by atoms with Gasteiger partial charge in [0.15, 0.2) is 0 Å². The molecule has 174 valence electrons. The Hall–Kier alpha value is -3.26. The van der Waals surface area contributed by atoms with Crippen LogP contribution < -0.4 is 19.1 Å². The molecule has 7 nitrogen and oxygen atoms in total. The lowest BCUT2D eigenvalue weighted by Crippen LogP contribution is -2.31. The average molecular weight is 469 g/mol. The molecule has 0 aliphatic heterocycles. The van der Waals surface area contributed by atoms with Crippen molar-refractivity contribution in [1.82, 2.24) is 0 Å². The monoisotopic (exact) mass is 468 g/mol. The van der Waals surface area contributed by atoms with Gasteiger partial charge in [-0.2, -0.15) is 0 Å². The maximum Gasteiger partial charge on any atom is 0.232 e. The van der Waals surface area contributed by atoms with E-state index in [0.717, 1.165) is 30.2 Å². The van der Waals surface area contributed by atoms with Crippen molar-refractivity contribution >= 4 is 38.1 Å². The van der Waals surface area contributed by atoms with Gasteiger partial charge in [-0.25, -0.2) is 8.42 Å². The van der Waals surface area contributed by atoms with Crippen molar-refractivity contribution in [3.63, 3.8) is 0 Å². The molecule has 0 heterocycles. The zero-order valence-corrected chi connectivity index (χ0v) is 19.9. The van der Waals surface area contributed by atoms with Gasteiger partial charge in [0.1, 0.15) is 11.5 Å². The molecule has 0 spiro atoms. The molecule has 1 amide bonds. The van der Waals surface area contributed by atoms with Crippen molar-refractivity contribution in [3.8, 4) is 11.5 Å². The zero-order chi connectivity index (χ0) is 23.6. The number of hydrogen-bond donors (Lipinski definition) is 1. The van der Waals surface area contributed by atoms with Gasteiger partial charge in [-0.15, -0.1) is 0 Å². The summed E-state index contributed by atoms with van der Waals surface area (Å²) >= 11 is 0. The van der Waals surface area contributed by atoms with Gasteiger partial charge >= 0.3 is 0 Å². The smallest absolute Gasteiger partial charge is 0.232 e. The van der Waals surface area contributed by atoms with E-state index in [1.807, 2.05) is 18.2 Å². The second-order valence-corrected chi connectivity index (χ2v) is 10.0. The Morgan fingerprint density at radius 1 is 1.03 bits per heavy atom. The third-order valence-corrected chi connectivity index (χ3v) is 7.15. The van der Waals surface area contributed by atoms with Crippen LogP contribution >= 0.6 is 0 Å². The van der Waals surface area contributed by atoms with Crippen LogP contribution in [0.5, 0.6) is 11.5 Å². The highest BCUT2D eigenvalue weighted by Crippen LogP contribution is 2.36. The minimum atomic E-state index is -3.60. The number of methoxy groups -OCH3 is 2. The highest BCUT2D eigenvalue weighted by atomic mass is 32.2. The number of hydrogen-bond acceptors (Lipinski definition) is 5. The number of aryl methyl sites for hydroxylation is 2. The first-order valence-electron chi connectivity index (χ1n) is 10.8. The summed E-state index contributed by atoms with van der Waals surface area (Å²) in [6.07, 6.45) is 3.72. The average Bonchev–Trinajstić information content (AvgIpc) is 3.22. The topological polar surface area (TPSA) is 84.9 Å². The molecule has 3 aromatic rings. The van der Waals surface area contributed by atoms with E-state index in [1.54, 1.807) is 18.2 Å². The summed E-state index contributed by atoms with van der Waals surface area (Å²) in [5.41, 5.74) is 3.80. The van der Waals surface area contributed by atoms with Crippen LogP contribution in [0.1, 0.15) is 24.0 Å². The molecular formula is C25H28N2O5S. The van der Waals surface area contributed by atoms with Crippen LogP contribution in [0.3, 0.4) is 0 Å². The highest BCUT2D eigenvalue weighted by molar-refractivity contribution is 7.92. The summed E-state index contributed by atoms with van der Waals surface area (Å²) in [5, 5.41) is 5.30. The zero-order valence-electron chi connectivity index (χ0n) is 19.1. The Kier molecular flexibility index (Phi) is 6.47. The number of benzene rings is 3. The molecule has 0 aromatic heterocycles. The molecule has 8 heteroatoms. The first-order chi connectivity index (χ1) is 15.8. The Bertz CT molecular complexity index is 1290. The van der Waals surface area contributed by atoms with E-state index >= 15 is 0 Å². The molecule has 1 N–H and O–H groups in total. The first-order valence-corrected chi connectivity index (χ1v) is 12.7. The summed E-state index contributed by atoms with van der Waals surface area (Å²) < 4.78 is 36.9. The molecule has 1 aliphatic rings. The third-order valence-electron chi connectivity index (χ3n) is 5.97. The molecule has 33 heavy (non-hydrogen) atoms. The number of sulfonamides is 1. The lowest BCUT2D eigenvalue weighted by atomic mass is 10.0. The van der Waals surface area contributed by atoms with E-state index in [4.69, 9.17) is 9.47 Å². The van der Waals surface area contributed by atoms with Gasteiger partial charge in [0.25, 0.3) is 0 Å². The minimum Gasteiger partial charge on any atom is -0.497 e. The van der Waals surface area contributed by atoms with E-state index in [9.17, 15) is 13.2 Å². The van der Waals surface area contributed by atoms with E-state index in [-0.39, 0.29) is 18.9 Å². The van der Waals surface area contributed by atoms with Gasteiger partial charge in [-0.3, -0.25) is 9.10 Å². The van der Waals surface area contributed by atoms with Gasteiger partial charge in [0.2, 0.25) is 15.9 Å². The van der Waals surface area contributed by atoms with Gasteiger partial charge in [0.05, 0.1) is 26.2 Å². The molecule has 0 unspecified atom stereocenters. The Morgan fingerprint density at radius 2 is 1.79 bits per heavy atom. The van der Waals surface area contributed by atoms with Crippen LogP contribution in [0.25, 0.3) is 10.8 Å². The number of rotatable bonds is 9. The molecule has 0 saturated heterocycles. The second kappa shape index (κ2) is 9.31. The molecule has 0 saturated carbocycles. The fourth-order valence-corrected chi connectivity index (χ4v) is 5.37. The van der Waals surface area contributed by atoms with Gasteiger partial charge in [0, 0.05) is 30.1 Å². The largest absolute Gasteiger partial charge is 0.497 e. The Balaban J connectivity index is 1.47. The van der Waals surface area contributed by atoms with Crippen molar-refractivity contribution in [1.29, 1.82) is 0 Å². The van der Waals surface area contributed by atoms with Crippen molar-refractivity contribution in [3.05, 3.63) is 59.7 Å².